The molecule has 0 unspecified atom stereocenters. The zero-order valence-corrected chi connectivity index (χ0v) is 15.7. The molecule has 28 heavy (non-hydrogen) atoms. The van der Waals surface area contributed by atoms with Gasteiger partial charge in [0.15, 0.2) is 5.65 Å². The van der Waals surface area contributed by atoms with Crippen molar-refractivity contribution in [3.8, 4) is 22.4 Å². The molecule has 4 aromatic rings. The van der Waals surface area contributed by atoms with Crippen LogP contribution in [0.25, 0.3) is 28.0 Å². The number of rotatable bonds is 2. The van der Waals surface area contributed by atoms with Crippen LogP contribution >= 0.6 is 23.2 Å². The molecule has 3 heterocycles. The zero-order valence-electron chi connectivity index (χ0n) is 14.2. The SMILES string of the molecule is Cc1nnc2c(-c3cccc(C(F)(F)F)c3)c(-c3ccnc(Cl)c3)nc(Cl)n12. The molecular weight excluding hydrogens is 414 g/mol. The molecule has 3 aromatic heterocycles. The molecule has 0 N–H and O–H groups in total. The van der Waals surface area contributed by atoms with E-state index in [4.69, 9.17) is 23.2 Å². The van der Waals surface area contributed by atoms with Crippen LogP contribution in [-0.2, 0) is 6.18 Å². The van der Waals surface area contributed by atoms with E-state index in [1.165, 1.54) is 16.7 Å². The number of aromatic nitrogens is 5. The van der Waals surface area contributed by atoms with Crippen LogP contribution in [0.5, 0.6) is 0 Å². The fourth-order valence-corrected chi connectivity index (χ4v) is 3.39. The number of nitrogens with zero attached hydrogens (tertiary/aromatic N) is 5. The molecule has 0 radical (unpaired) electrons. The second-order valence-corrected chi connectivity index (χ2v) is 6.68. The van der Waals surface area contributed by atoms with Crippen molar-refractivity contribution < 1.29 is 13.2 Å². The first-order valence-electron chi connectivity index (χ1n) is 7.96. The minimum absolute atomic E-state index is 0.0798. The van der Waals surface area contributed by atoms with Crippen LogP contribution < -0.4 is 0 Å². The molecule has 10 heteroatoms. The molecular formula is C18H10Cl2F3N5. The molecule has 0 spiro atoms. The Morgan fingerprint density at radius 1 is 1.00 bits per heavy atom. The highest BCUT2D eigenvalue weighted by Crippen LogP contribution is 2.38. The van der Waals surface area contributed by atoms with E-state index in [0.29, 0.717) is 28.3 Å². The van der Waals surface area contributed by atoms with Crippen molar-refractivity contribution in [2.45, 2.75) is 13.1 Å². The van der Waals surface area contributed by atoms with Crippen LogP contribution in [0.1, 0.15) is 11.4 Å². The van der Waals surface area contributed by atoms with Gasteiger partial charge in [0, 0.05) is 11.8 Å². The molecule has 0 bridgehead atoms. The van der Waals surface area contributed by atoms with E-state index in [-0.39, 0.29) is 16.0 Å². The Morgan fingerprint density at radius 3 is 2.50 bits per heavy atom. The maximum absolute atomic E-state index is 13.2. The van der Waals surface area contributed by atoms with E-state index in [1.807, 2.05) is 0 Å². The minimum atomic E-state index is -4.49. The van der Waals surface area contributed by atoms with Crippen molar-refractivity contribution in [2.24, 2.45) is 0 Å². The number of halogens is 5. The first-order chi connectivity index (χ1) is 13.3. The lowest BCUT2D eigenvalue weighted by molar-refractivity contribution is -0.137. The van der Waals surface area contributed by atoms with Gasteiger partial charge in [-0.2, -0.15) is 13.2 Å². The van der Waals surface area contributed by atoms with Gasteiger partial charge in [0.25, 0.3) is 0 Å². The third-order valence-electron chi connectivity index (χ3n) is 4.15. The topological polar surface area (TPSA) is 56.0 Å². The lowest BCUT2D eigenvalue weighted by Crippen LogP contribution is -2.05. The Labute approximate surface area is 166 Å². The molecule has 0 aliphatic rings. The third kappa shape index (κ3) is 3.18. The molecule has 0 saturated heterocycles. The average molecular weight is 424 g/mol. The summed E-state index contributed by atoms with van der Waals surface area (Å²) in [6.45, 7) is 1.67. The molecule has 4 rings (SSSR count). The summed E-state index contributed by atoms with van der Waals surface area (Å²) >= 11 is 12.3. The Kier molecular flexibility index (Phi) is 4.47. The summed E-state index contributed by atoms with van der Waals surface area (Å²) in [4.78, 5) is 8.32. The van der Waals surface area contributed by atoms with Gasteiger partial charge >= 0.3 is 6.18 Å². The van der Waals surface area contributed by atoms with Gasteiger partial charge in [-0.1, -0.05) is 23.7 Å². The smallest absolute Gasteiger partial charge is 0.253 e. The van der Waals surface area contributed by atoms with Crippen LogP contribution in [0.3, 0.4) is 0 Å². The van der Waals surface area contributed by atoms with Crippen molar-refractivity contribution in [2.75, 3.05) is 0 Å². The number of hydrogen-bond donors (Lipinski definition) is 0. The molecule has 1 aromatic carbocycles. The Hall–Kier alpha value is -2.71. The number of alkyl halides is 3. The van der Waals surface area contributed by atoms with E-state index in [0.717, 1.165) is 12.1 Å². The van der Waals surface area contributed by atoms with Crippen molar-refractivity contribution >= 4 is 28.8 Å². The summed E-state index contributed by atoms with van der Waals surface area (Å²) in [7, 11) is 0. The van der Waals surface area contributed by atoms with E-state index in [2.05, 4.69) is 20.2 Å². The summed E-state index contributed by atoms with van der Waals surface area (Å²) < 4.78 is 41.2. The molecule has 5 nitrogen and oxygen atoms in total. The van der Waals surface area contributed by atoms with Gasteiger partial charge in [-0.05, 0) is 48.4 Å². The number of benzene rings is 1. The Morgan fingerprint density at radius 2 is 1.79 bits per heavy atom. The van der Waals surface area contributed by atoms with Crippen molar-refractivity contribution in [1.82, 2.24) is 24.6 Å². The van der Waals surface area contributed by atoms with Crippen LogP contribution in [0, 0.1) is 6.92 Å². The Bertz CT molecular complexity index is 1200. The molecule has 0 fully saturated rings. The van der Waals surface area contributed by atoms with Crippen molar-refractivity contribution in [3.05, 3.63) is 64.4 Å². The zero-order chi connectivity index (χ0) is 20.1. The largest absolute Gasteiger partial charge is 0.416 e. The van der Waals surface area contributed by atoms with Crippen molar-refractivity contribution in [1.29, 1.82) is 0 Å². The standard InChI is InChI=1S/C18H10Cl2F3N5/c1-9-26-27-16-14(10-3-2-4-12(7-10)18(21,22)23)15(25-17(20)28(9)16)11-5-6-24-13(19)8-11/h2-8H,1H3. The summed E-state index contributed by atoms with van der Waals surface area (Å²) in [6.07, 6.45) is -3.02. The van der Waals surface area contributed by atoms with Crippen LogP contribution in [0.2, 0.25) is 10.4 Å². The molecule has 142 valence electrons. The lowest BCUT2D eigenvalue weighted by atomic mass is 9.99. The summed E-state index contributed by atoms with van der Waals surface area (Å²) in [5.74, 6) is 0.458. The number of hydrogen-bond acceptors (Lipinski definition) is 4. The average Bonchev–Trinajstić information content (AvgIpc) is 3.03. The number of aryl methyl sites for hydroxylation is 1. The third-order valence-corrected chi connectivity index (χ3v) is 4.61. The second-order valence-electron chi connectivity index (χ2n) is 5.96. The lowest BCUT2D eigenvalue weighted by Gasteiger charge is -2.14. The van der Waals surface area contributed by atoms with Crippen LogP contribution in [0.4, 0.5) is 13.2 Å². The predicted octanol–water partition coefficient (Wildman–Crippen LogP) is 5.49. The maximum Gasteiger partial charge on any atom is 0.416 e. The van der Waals surface area contributed by atoms with Gasteiger partial charge in [-0.3, -0.25) is 4.40 Å². The maximum atomic E-state index is 13.2. The first-order valence-corrected chi connectivity index (χ1v) is 8.72. The van der Waals surface area contributed by atoms with Crippen molar-refractivity contribution in [3.63, 3.8) is 0 Å². The fraction of sp³-hybridized carbons (Fsp3) is 0.111. The summed E-state index contributed by atoms with van der Waals surface area (Å²) in [5, 5.41) is 8.40. The number of pyridine rings is 1. The summed E-state index contributed by atoms with van der Waals surface area (Å²) in [6, 6.07) is 8.12. The van der Waals surface area contributed by atoms with E-state index in [1.54, 1.807) is 25.1 Å². The molecule has 0 atom stereocenters. The van der Waals surface area contributed by atoms with Crippen LogP contribution in [-0.4, -0.2) is 24.6 Å². The highest BCUT2D eigenvalue weighted by molar-refractivity contribution is 6.30. The molecule has 0 saturated carbocycles. The van der Waals surface area contributed by atoms with E-state index < -0.39 is 11.7 Å². The predicted molar refractivity (Wildman–Crippen MR) is 99.2 cm³/mol. The van der Waals surface area contributed by atoms with E-state index >= 15 is 0 Å². The van der Waals surface area contributed by atoms with Gasteiger partial charge in [-0.15, -0.1) is 10.2 Å². The van der Waals surface area contributed by atoms with E-state index in [9.17, 15) is 13.2 Å². The highest BCUT2D eigenvalue weighted by Gasteiger charge is 2.31. The Balaban J connectivity index is 2.09. The molecule has 0 amide bonds. The summed E-state index contributed by atoms with van der Waals surface area (Å²) in [5.41, 5.74) is 1.01. The highest BCUT2D eigenvalue weighted by atomic mass is 35.5. The molecule has 0 aliphatic heterocycles. The normalized spacial score (nSPS) is 11.9. The fourth-order valence-electron chi connectivity index (χ4n) is 2.92. The van der Waals surface area contributed by atoms with Gasteiger partial charge < -0.3 is 0 Å². The van der Waals surface area contributed by atoms with Gasteiger partial charge in [0.2, 0.25) is 5.28 Å². The second kappa shape index (κ2) is 6.72. The van der Waals surface area contributed by atoms with Gasteiger partial charge in [-0.25, -0.2) is 9.97 Å². The molecule has 0 aliphatic carbocycles. The van der Waals surface area contributed by atoms with Crippen LogP contribution in [0.15, 0.2) is 42.6 Å². The monoisotopic (exact) mass is 423 g/mol. The van der Waals surface area contributed by atoms with Gasteiger partial charge in [0.05, 0.1) is 16.8 Å². The first kappa shape index (κ1) is 18.6. The number of fused-ring (bicyclic) bond motifs is 1. The quantitative estimate of drug-likeness (QED) is 0.316. The van der Waals surface area contributed by atoms with Gasteiger partial charge in [0.1, 0.15) is 11.0 Å². The minimum Gasteiger partial charge on any atom is -0.253 e.